The van der Waals surface area contributed by atoms with Crippen molar-refractivity contribution >= 4 is 34.1 Å². The Morgan fingerprint density at radius 1 is 0.360 bits per heavy atom. The summed E-state index contributed by atoms with van der Waals surface area (Å²) >= 11 is 0. The molecule has 7 aromatic carbocycles. The zero-order valence-electron chi connectivity index (χ0n) is 27.4. The van der Waals surface area contributed by atoms with Crippen LogP contribution in [0.5, 0.6) is 0 Å². The van der Waals surface area contributed by atoms with E-state index in [1.165, 1.54) is 44.6 Å². The van der Waals surface area contributed by atoms with E-state index in [1.807, 2.05) is 18.5 Å². The molecule has 0 fully saturated rings. The van der Waals surface area contributed by atoms with Gasteiger partial charge in [-0.2, -0.15) is 0 Å². The molecule has 1 aromatic heterocycles. The van der Waals surface area contributed by atoms with E-state index in [0.717, 1.165) is 34.0 Å². The van der Waals surface area contributed by atoms with Crippen molar-refractivity contribution in [2.45, 2.75) is 0 Å². The standard InChI is InChI=1S/C47H33N3/c1-3-12-34(13-4-1)35-21-26-39(27-22-35)49(41-16-11-31-48-33-41)40-28-23-36(24-29-40)37-25-30-47-45(32-37)43-18-8-7-17-42(43)44-19-9-10-20-46(44)50(47)38-14-5-2-6-15-38/h1-33H. The van der Waals surface area contributed by atoms with E-state index in [1.54, 1.807) is 0 Å². The Balaban J connectivity index is 1.13. The second-order valence-corrected chi connectivity index (χ2v) is 12.5. The van der Waals surface area contributed by atoms with Crippen molar-refractivity contribution in [3.05, 3.63) is 200 Å². The smallest absolute Gasteiger partial charge is 0.0644 e. The van der Waals surface area contributed by atoms with Gasteiger partial charge < -0.3 is 9.80 Å². The number of nitrogens with zero attached hydrogens (tertiary/aromatic N) is 3. The summed E-state index contributed by atoms with van der Waals surface area (Å²) in [6, 6.07) is 67.2. The summed E-state index contributed by atoms with van der Waals surface area (Å²) in [7, 11) is 0. The molecular weight excluding hydrogens is 607 g/mol. The maximum absolute atomic E-state index is 4.45. The summed E-state index contributed by atoms with van der Waals surface area (Å²) in [4.78, 5) is 9.10. The monoisotopic (exact) mass is 639 g/mol. The van der Waals surface area contributed by atoms with Gasteiger partial charge in [0.2, 0.25) is 0 Å². The number of para-hydroxylation sites is 2. The first-order chi connectivity index (χ1) is 24.8. The molecule has 8 aromatic rings. The lowest BCUT2D eigenvalue weighted by molar-refractivity contribution is 1.23. The Kier molecular flexibility index (Phi) is 7.49. The van der Waals surface area contributed by atoms with Gasteiger partial charge in [0.1, 0.15) is 0 Å². The molecular formula is C47H33N3. The Bertz CT molecular complexity index is 2400. The Hall–Kier alpha value is -6.71. The highest BCUT2D eigenvalue weighted by Crippen LogP contribution is 2.51. The molecule has 9 rings (SSSR count). The fourth-order valence-corrected chi connectivity index (χ4v) is 7.13. The fraction of sp³-hybridized carbons (Fsp3) is 0. The second-order valence-electron chi connectivity index (χ2n) is 12.5. The molecule has 50 heavy (non-hydrogen) atoms. The molecule has 0 amide bonds. The van der Waals surface area contributed by atoms with Gasteiger partial charge in [-0.15, -0.1) is 0 Å². The summed E-state index contributed by atoms with van der Waals surface area (Å²) in [6.07, 6.45) is 3.73. The van der Waals surface area contributed by atoms with Crippen molar-refractivity contribution in [1.29, 1.82) is 0 Å². The predicted molar refractivity (Wildman–Crippen MR) is 209 cm³/mol. The molecule has 0 saturated carbocycles. The van der Waals surface area contributed by atoms with Gasteiger partial charge in [-0.25, -0.2) is 0 Å². The maximum atomic E-state index is 4.45. The van der Waals surface area contributed by atoms with Crippen LogP contribution in [0.4, 0.5) is 34.1 Å². The van der Waals surface area contributed by atoms with Crippen LogP contribution < -0.4 is 9.80 Å². The Morgan fingerprint density at radius 2 is 0.880 bits per heavy atom. The van der Waals surface area contributed by atoms with Gasteiger partial charge in [0, 0.05) is 34.4 Å². The molecule has 0 N–H and O–H groups in total. The molecule has 1 aliphatic rings. The minimum atomic E-state index is 1.01. The van der Waals surface area contributed by atoms with E-state index < -0.39 is 0 Å². The molecule has 0 saturated heterocycles. The van der Waals surface area contributed by atoms with Crippen molar-refractivity contribution < 1.29 is 0 Å². The lowest BCUT2D eigenvalue weighted by atomic mass is 9.92. The Morgan fingerprint density at radius 3 is 1.54 bits per heavy atom. The van der Waals surface area contributed by atoms with Crippen LogP contribution in [0.1, 0.15) is 0 Å². The average Bonchev–Trinajstić information content (AvgIpc) is 3.32. The largest absolute Gasteiger partial charge is 0.309 e. The first kappa shape index (κ1) is 29.4. The zero-order valence-corrected chi connectivity index (χ0v) is 27.4. The van der Waals surface area contributed by atoms with Gasteiger partial charge in [0.05, 0.1) is 23.3 Å². The zero-order chi connectivity index (χ0) is 33.3. The van der Waals surface area contributed by atoms with Crippen molar-refractivity contribution in [2.75, 3.05) is 9.80 Å². The first-order valence-electron chi connectivity index (χ1n) is 17.0. The van der Waals surface area contributed by atoms with Crippen LogP contribution in [-0.4, -0.2) is 4.98 Å². The normalized spacial score (nSPS) is 11.6. The van der Waals surface area contributed by atoms with Gasteiger partial charge in [0.15, 0.2) is 0 Å². The third kappa shape index (κ3) is 5.32. The van der Waals surface area contributed by atoms with Crippen molar-refractivity contribution in [3.8, 4) is 44.5 Å². The summed E-state index contributed by atoms with van der Waals surface area (Å²) < 4.78 is 0. The van der Waals surface area contributed by atoms with E-state index in [9.17, 15) is 0 Å². The number of fused-ring (bicyclic) bond motifs is 5. The minimum Gasteiger partial charge on any atom is -0.309 e. The number of rotatable bonds is 6. The highest BCUT2D eigenvalue weighted by Gasteiger charge is 2.26. The number of anilines is 6. The van der Waals surface area contributed by atoms with E-state index in [4.69, 9.17) is 0 Å². The topological polar surface area (TPSA) is 19.4 Å². The van der Waals surface area contributed by atoms with Crippen LogP contribution in [0.3, 0.4) is 0 Å². The second kappa shape index (κ2) is 12.7. The van der Waals surface area contributed by atoms with E-state index in [2.05, 4.69) is 197 Å². The molecule has 1 aliphatic heterocycles. The number of hydrogen-bond acceptors (Lipinski definition) is 3. The van der Waals surface area contributed by atoms with Crippen LogP contribution in [0.25, 0.3) is 44.5 Å². The number of pyridine rings is 1. The minimum absolute atomic E-state index is 1.01. The predicted octanol–water partition coefficient (Wildman–Crippen LogP) is 13.0. The molecule has 3 heteroatoms. The quantitative estimate of drug-likeness (QED) is 0.180. The lowest BCUT2D eigenvalue weighted by Gasteiger charge is -2.27. The third-order valence-corrected chi connectivity index (χ3v) is 9.50. The van der Waals surface area contributed by atoms with Gasteiger partial charge in [-0.3, -0.25) is 4.98 Å². The first-order valence-corrected chi connectivity index (χ1v) is 17.0. The van der Waals surface area contributed by atoms with Gasteiger partial charge in [-0.05, 0) is 100 Å². The van der Waals surface area contributed by atoms with Crippen LogP contribution >= 0.6 is 0 Å². The highest BCUT2D eigenvalue weighted by atomic mass is 15.2. The van der Waals surface area contributed by atoms with E-state index in [-0.39, 0.29) is 0 Å². The van der Waals surface area contributed by atoms with Crippen LogP contribution in [0, 0.1) is 0 Å². The summed E-state index contributed by atoms with van der Waals surface area (Å²) in [5, 5.41) is 0. The average molecular weight is 640 g/mol. The summed E-state index contributed by atoms with van der Waals surface area (Å²) in [5.41, 5.74) is 16.3. The van der Waals surface area contributed by atoms with Crippen molar-refractivity contribution in [2.24, 2.45) is 0 Å². The third-order valence-electron chi connectivity index (χ3n) is 9.50. The van der Waals surface area contributed by atoms with Crippen molar-refractivity contribution in [3.63, 3.8) is 0 Å². The number of benzene rings is 7. The molecule has 0 atom stereocenters. The number of aromatic nitrogens is 1. The van der Waals surface area contributed by atoms with Crippen LogP contribution in [-0.2, 0) is 0 Å². The summed E-state index contributed by atoms with van der Waals surface area (Å²) in [6.45, 7) is 0. The molecule has 3 nitrogen and oxygen atoms in total. The molecule has 2 heterocycles. The Labute approximate surface area is 293 Å². The molecule has 0 spiro atoms. The fourth-order valence-electron chi connectivity index (χ4n) is 7.13. The number of hydrogen-bond donors (Lipinski definition) is 0. The van der Waals surface area contributed by atoms with E-state index >= 15 is 0 Å². The maximum Gasteiger partial charge on any atom is 0.0644 e. The van der Waals surface area contributed by atoms with Crippen LogP contribution in [0.15, 0.2) is 200 Å². The van der Waals surface area contributed by atoms with Gasteiger partial charge in [-0.1, -0.05) is 121 Å². The van der Waals surface area contributed by atoms with Crippen LogP contribution in [0.2, 0.25) is 0 Å². The summed E-state index contributed by atoms with van der Waals surface area (Å²) in [5.74, 6) is 0. The molecule has 0 unspecified atom stereocenters. The van der Waals surface area contributed by atoms with Crippen molar-refractivity contribution in [1.82, 2.24) is 4.98 Å². The van der Waals surface area contributed by atoms with E-state index in [0.29, 0.717) is 0 Å². The molecule has 0 radical (unpaired) electrons. The van der Waals surface area contributed by atoms with Gasteiger partial charge in [0.25, 0.3) is 0 Å². The SMILES string of the molecule is c1ccc(-c2ccc(N(c3ccc(-c4ccc5c(c4)-c4ccccc4-c4ccccc4N5c4ccccc4)cc3)c3cccnc3)cc2)cc1. The van der Waals surface area contributed by atoms with Gasteiger partial charge >= 0.3 is 0 Å². The lowest BCUT2D eigenvalue weighted by Crippen LogP contribution is -2.10. The highest BCUT2D eigenvalue weighted by molar-refractivity contribution is 6.03. The molecule has 236 valence electrons. The molecule has 0 bridgehead atoms. The molecule has 0 aliphatic carbocycles.